The van der Waals surface area contributed by atoms with E-state index in [9.17, 15) is 4.39 Å². The van der Waals surface area contributed by atoms with Crippen LogP contribution in [0.2, 0.25) is 5.02 Å². The van der Waals surface area contributed by atoms with Crippen molar-refractivity contribution in [2.24, 2.45) is 11.1 Å². The number of allylic oxidation sites excluding steroid dienone is 1. The zero-order valence-electron chi connectivity index (χ0n) is 10.8. The molecule has 0 bridgehead atoms. The van der Waals surface area contributed by atoms with E-state index in [2.05, 4.69) is 19.9 Å². The molecule has 1 nitrogen and oxygen atoms in total. The second kappa shape index (κ2) is 5.02. The summed E-state index contributed by atoms with van der Waals surface area (Å²) >= 11 is 5.80. The van der Waals surface area contributed by atoms with Crippen LogP contribution in [-0.4, -0.2) is 6.04 Å². The van der Waals surface area contributed by atoms with Crippen molar-refractivity contribution < 1.29 is 4.39 Å². The van der Waals surface area contributed by atoms with Gasteiger partial charge in [0.25, 0.3) is 0 Å². The molecule has 0 aromatic heterocycles. The molecule has 0 aliphatic heterocycles. The molecule has 0 radical (unpaired) electrons. The number of halogens is 2. The maximum Gasteiger partial charge on any atom is 0.145 e. The van der Waals surface area contributed by atoms with Crippen LogP contribution in [-0.2, 0) is 6.42 Å². The lowest BCUT2D eigenvalue weighted by Gasteiger charge is -2.33. The summed E-state index contributed by atoms with van der Waals surface area (Å²) in [5.41, 5.74) is 8.08. The second-order valence-electron chi connectivity index (χ2n) is 5.92. The van der Waals surface area contributed by atoms with Crippen LogP contribution in [0.5, 0.6) is 0 Å². The Labute approximate surface area is 113 Å². The van der Waals surface area contributed by atoms with E-state index in [1.807, 2.05) is 0 Å². The number of nitrogens with two attached hydrogens (primary N) is 1. The molecule has 1 aliphatic carbocycles. The Balaban J connectivity index is 2.21. The number of rotatable bonds is 2. The van der Waals surface area contributed by atoms with Crippen molar-refractivity contribution in [3.05, 3.63) is 46.3 Å². The summed E-state index contributed by atoms with van der Waals surface area (Å²) in [5.74, 6) is -0.308. The molecule has 0 fully saturated rings. The van der Waals surface area contributed by atoms with Crippen LogP contribution in [0.15, 0.2) is 29.8 Å². The lowest BCUT2D eigenvalue weighted by Crippen LogP contribution is -2.31. The molecule has 1 unspecified atom stereocenters. The standard InChI is InChI=1S/C15H19ClFN/c1-15(2)8-10(7-12(18)9-15)6-11-4-3-5-13(16)14(11)17/h3-5,7,12H,6,8-9,18H2,1-2H3. The Morgan fingerprint density at radius 2 is 2.17 bits per heavy atom. The topological polar surface area (TPSA) is 26.0 Å². The van der Waals surface area contributed by atoms with Crippen molar-refractivity contribution in [3.8, 4) is 0 Å². The molecule has 18 heavy (non-hydrogen) atoms. The van der Waals surface area contributed by atoms with Crippen molar-refractivity contribution in [3.63, 3.8) is 0 Å². The first-order valence-electron chi connectivity index (χ1n) is 6.25. The molecule has 0 saturated carbocycles. The Morgan fingerprint density at radius 3 is 2.83 bits per heavy atom. The molecule has 1 aliphatic rings. The molecule has 0 saturated heterocycles. The van der Waals surface area contributed by atoms with Crippen LogP contribution >= 0.6 is 11.6 Å². The summed E-state index contributed by atoms with van der Waals surface area (Å²) in [6, 6.07) is 5.22. The van der Waals surface area contributed by atoms with E-state index >= 15 is 0 Å². The van der Waals surface area contributed by atoms with E-state index in [-0.39, 0.29) is 22.3 Å². The summed E-state index contributed by atoms with van der Waals surface area (Å²) in [4.78, 5) is 0. The number of benzene rings is 1. The van der Waals surface area contributed by atoms with Crippen molar-refractivity contribution in [1.82, 2.24) is 0 Å². The third kappa shape index (κ3) is 3.12. The highest BCUT2D eigenvalue weighted by atomic mass is 35.5. The summed E-state index contributed by atoms with van der Waals surface area (Å²) < 4.78 is 13.9. The minimum absolute atomic E-state index is 0.0750. The lowest BCUT2D eigenvalue weighted by atomic mass is 9.74. The normalized spacial score (nSPS) is 22.7. The summed E-state index contributed by atoms with van der Waals surface area (Å²) in [5, 5.41) is 0.187. The van der Waals surface area contributed by atoms with E-state index in [1.165, 1.54) is 5.57 Å². The highest BCUT2D eigenvalue weighted by Crippen LogP contribution is 2.36. The van der Waals surface area contributed by atoms with Gasteiger partial charge in [-0.15, -0.1) is 0 Å². The molecule has 1 aromatic carbocycles. The van der Waals surface area contributed by atoms with E-state index in [4.69, 9.17) is 17.3 Å². The Morgan fingerprint density at radius 1 is 1.44 bits per heavy atom. The van der Waals surface area contributed by atoms with Crippen LogP contribution in [0.25, 0.3) is 0 Å². The third-order valence-corrected chi connectivity index (χ3v) is 3.68. The van der Waals surface area contributed by atoms with Crippen LogP contribution in [0, 0.1) is 11.2 Å². The summed E-state index contributed by atoms with van der Waals surface area (Å²) in [6.07, 6.45) is 4.62. The average Bonchev–Trinajstić information content (AvgIpc) is 2.22. The summed E-state index contributed by atoms with van der Waals surface area (Å²) in [6.45, 7) is 4.41. The van der Waals surface area contributed by atoms with Gasteiger partial charge < -0.3 is 5.73 Å². The highest BCUT2D eigenvalue weighted by Gasteiger charge is 2.27. The fourth-order valence-electron chi connectivity index (χ4n) is 2.80. The maximum absolute atomic E-state index is 13.9. The molecule has 0 spiro atoms. The Bertz CT molecular complexity index is 479. The summed E-state index contributed by atoms with van der Waals surface area (Å²) in [7, 11) is 0. The Hall–Kier alpha value is -0.860. The molecule has 98 valence electrons. The van der Waals surface area contributed by atoms with Gasteiger partial charge in [-0.3, -0.25) is 0 Å². The molecule has 0 heterocycles. The number of hydrogen-bond donors (Lipinski definition) is 1. The fraction of sp³-hybridized carbons (Fsp3) is 0.467. The van der Waals surface area contributed by atoms with E-state index < -0.39 is 0 Å². The number of hydrogen-bond acceptors (Lipinski definition) is 1. The molecule has 0 amide bonds. The van der Waals surface area contributed by atoms with Gasteiger partial charge in [0.2, 0.25) is 0 Å². The van der Waals surface area contributed by atoms with E-state index in [1.54, 1.807) is 18.2 Å². The van der Waals surface area contributed by atoms with Crippen molar-refractivity contribution in [2.45, 2.75) is 39.2 Å². The third-order valence-electron chi connectivity index (χ3n) is 3.39. The van der Waals surface area contributed by atoms with Crippen LogP contribution in [0.3, 0.4) is 0 Å². The predicted molar refractivity (Wildman–Crippen MR) is 74.2 cm³/mol. The average molecular weight is 268 g/mol. The van der Waals surface area contributed by atoms with E-state index in [0.717, 1.165) is 12.8 Å². The van der Waals surface area contributed by atoms with Crippen molar-refractivity contribution in [2.75, 3.05) is 0 Å². The quantitative estimate of drug-likeness (QED) is 0.803. The van der Waals surface area contributed by atoms with Gasteiger partial charge in [-0.05, 0) is 36.3 Å². The van der Waals surface area contributed by atoms with Crippen molar-refractivity contribution >= 4 is 11.6 Å². The molecule has 2 N–H and O–H groups in total. The molecular formula is C15H19ClFN. The molecule has 1 atom stereocenters. The molecular weight excluding hydrogens is 249 g/mol. The van der Waals surface area contributed by atoms with Gasteiger partial charge in [0.05, 0.1) is 5.02 Å². The predicted octanol–water partition coefficient (Wildman–Crippen LogP) is 4.10. The SMILES string of the molecule is CC1(C)CC(Cc2cccc(Cl)c2F)=CC(N)C1. The lowest BCUT2D eigenvalue weighted by molar-refractivity contribution is 0.299. The second-order valence-corrected chi connectivity index (χ2v) is 6.33. The molecule has 1 aromatic rings. The monoisotopic (exact) mass is 267 g/mol. The van der Waals surface area contributed by atoms with Gasteiger partial charge in [0.1, 0.15) is 5.82 Å². The van der Waals surface area contributed by atoms with Crippen LogP contribution < -0.4 is 5.73 Å². The van der Waals surface area contributed by atoms with E-state index in [0.29, 0.717) is 12.0 Å². The fourth-order valence-corrected chi connectivity index (χ4v) is 2.99. The van der Waals surface area contributed by atoms with Gasteiger partial charge in [-0.1, -0.05) is 49.2 Å². The first kappa shape index (κ1) is 13.6. The van der Waals surface area contributed by atoms with Gasteiger partial charge in [0, 0.05) is 6.04 Å². The maximum atomic E-state index is 13.9. The smallest absolute Gasteiger partial charge is 0.145 e. The van der Waals surface area contributed by atoms with Gasteiger partial charge in [-0.25, -0.2) is 4.39 Å². The Kier molecular flexibility index (Phi) is 3.79. The first-order valence-corrected chi connectivity index (χ1v) is 6.63. The first-order chi connectivity index (χ1) is 8.37. The van der Waals surface area contributed by atoms with Gasteiger partial charge in [0.15, 0.2) is 0 Å². The minimum atomic E-state index is -0.308. The van der Waals surface area contributed by atoms with Crippen LogP contribution in [0.4, 0.5) is 4.39 Å². The van der Waals surface area contributed by atoms with Crippen LogP contribution in [0.1, 0.15) is 32.3 Å². The minimum Gasteiger partial charge on any atom is -0.324 e. The molecule has 3 heteroatoms. The largest absolute Gasteiger partial charge is 0.324 e. The van der Waals surface area contributed by atoms with Gasteiger partial charge in [-0.2, -0.15) is 0 Å². The van der Waals surface area contributed by atoms with Gasteiger partial charge >= 0.3 is 0 Å². The zero-order valence-corrected chi connectivity index (χ0v) is 11.6. The highest BCUT2D eigenvalue weighted by molar-refractivity contribution is 6.30. The van der Waals surface area contributed by atoms with Crippen molar-refractivity contribution in [1.29, 1.82) is 0 Å². The molecule has 2 rings (SSSR count). The zero-order chi connectivity index (χ0) is 13.3.